The minimum atomic E-state index is -4.20. The molecule has 0 atom stereocenters. The topological polar surface area (TPSA) is 80.5 Å². The third-order valence-electron chi connectivity index (χ3n) is 3.38. The summed E-state index contributed by atoms with van der Waals surface area (Å²) in [6.45, 7) is 0.458. The summed E-state index contributed by atoms with van der Waals surface area (Å²) in [6.07, 6.45) is 3.03. The highest BCUT2D eigenvalue weighted by Gasteiger charge is 2.31. The molecule has 2 rings (SSSR count). The van der Waals surface area contributed by atoms with E-state index in [0.717, 1.165) is 17.1 Å². The Hall–Kier alpha value is -1.61. The molecule has 21 heavy (non-hydrogen) atoms. The molecule has 0 radical (unpaired) electrons. The van der Waals surface area contributed by atoms with Crippen molar-refractivity contribution in [3.05, 3.63) is 33.9 Å². The molecule has 0 aromatic heterocycles. The van der Waals surface area contributed by atoms with Crippen LogP contribution in [0.15, 0.2) is 17.0 Å². The highest BCUT2D eigenvalue weighted by molar-refractivity contribution is 7.89. The van der Waals surface area contributed by atoms with Gasteiger partial charge in [-0.2, -0.15) is 8.70 Å². The van der Waals surface area contributed by atoms with Gasteiger partial charge in [0.05, 0.1) is 4.92 Å². The largest absolute Gasteiger partial charge is 0.306 e. The lowest BCUT2D eigenvalue weighted by molar-refractivity contribution is -0.387. The fourth-order valence-electron chi connectivity index (χ4n) is 2.28. The maximum Gasteiger partial charge on any atom is 0.306 e. The predicted octanol–water partition coefficient (Wildman–Crippen LogP) is 2.44. The van der Waals surface area contributed by atoms with Gasteiger partial charge in [-0.1, -0.05) is 12.8 Å². The summed E-state index contributed by atoms with van der Waals surface area (Å²) in [5, 5.41) is 10.7. The summed E-state index contributed by atoms with van der Waals surface area (Å²) in [5.74, 6) is -2.71. The number of hydrogen-bond acceptors (Lipinski definition) is 4. The van der Waals surface area contributed by atoms with Crippen LogP contribution in [0.1, 0.15) is 25.7 Å². The molecule has 0 saturated carbocycles. The fraction of sp³-hybridized carbons (Fsp3) is 0.500. The third-order valence-corrected chi connectivity index (χ3v) is 5.29. The van der Waals surface area contributed by atoms with E-state index in [9.17, 15) is 27.3 Å². The van der Waals surface area contributed by atoms with Crippen molar-refractivity contribution >= 4 is 15.7 Å². The van der Waals surface area contributed by atoms with Gasteiger partial charge in [0.1, 0.15) is 10.7 Å². The molecular formula is C12H14F2N2O4S. The van der Waals surface area contributed by atoms with E-state index < -0.39 is 37.2 Å². The number of sulfonamides is 1. The van der Waals surface area contributed by atoms with Crippen LogP contribution >= 0.6 is 0 Å². The highest BCUT2D eigenvalue weighted by Crippen LogP contribution is 2.28. The molecule has 0 spiro atoms. The molecule has 1 saturated heterocycles. The number of nitro benzene ring substituents is 1. The lowest BCUT2D eigenvalue weighted by Crippen LogP contribution is -2.32. The van der Waals surface area contributed by atoms with Crippen LogP contribution in [0, 0.1) is 21.7 Å². The summed E-state index contributed by atoms with van der Waals surface area (Å²) in [5.41, 5.74) is -1.05. The molecule has 1 aliphatic rings. The number of hydrogen-bond donors (Lipinski definition) is 0. The summed E-state index contributed by atoms with van der Waals surface area (Å²) in [4.78, 5) is 8.76. The number of nitrogens with zero attached hydrogens (tertiary/aromatic N) is 2. The van der Waals surface area contributed by atoms with Crippen molar-refractivity contribution in [2.24, 2.45) is 0 Å². The maximum absolute atomic E-state index is 13.8. The number of nitro groups is 1. The Kier molecular flexibility index (Phi) is 4.52. The smallest absolute Gasteiger partial charge is 0.258 e. The molecule has 0 N–H and O–H groups in total. The molecule has 116 valence electrons. The highest BCUT2D eigenvalue weighted by atomic mass is 32.2. The van der Waals surface area contributed by atoms with Crippen LogP contribution in [-0.2, 0) is 10.0 Å². The molecule has 1 aromatic rings. The van der Waals surface area contributed by atoms with E-state index in [2.05, 4.69) is 0 Å². The zero-order valence-electron chi connectivity index (χ0n) is 11.1. The van der Waals surface area contributed by atoms with Gasteiger partial charge in [-0.15, -0.1) is 0 Å². The van der Waals surface area contributed by atoms with E-state index in [1.807, 2.05) is 0 Å². The maximum atomic E-state index is 13.8. The van der Waals surface area contributed by atoms with Crippen molar-refractivity contribution < 1.29 is 22.1 Å². The quantitative estimate of drug-likeness (QED) is 0.633. The fourth-order valence-corrected chi connectivity index (χ4v) is 3.86. The van der Waals surface area contributed by atoms with E-state index in [-0.39, 0.29) is 19.2 Å². The average Bonchev–Trinajstić information content (AvgIpc) is 2.67. The average molecular weight is 320 g/mol. The number of rotatable bonds is 3. The van der Waals surface area contributed by atoms with E-state index in [0.29, 0.717) is 18.9 Å². The van der Waals surface area contributed by atoms with Crippen molar-refractivity contribution in [3.63, 3.8) is 0 Å². The molecule has 0 amide bonds. The molecule has 1 aliphatic heterocycles. The Morgan fingerprint density at radius 2 is 1.62 bits per heavy atom. The third kappa shape index (κ3) is 3.18. The zero-order valence-corrected chi connectivity index (χ0v) is 11.9. The summed E-state index contributed by atoms with van der Waals surface area (Å²) in [7, 11) is -4.20. The zero-order chi connectivity index (χ0) is 15.6. The van der Waals surface area contributed by atoms with Gasteiger partial charge in [0.15, 0.2) is 0 Å². The molecular weight excluding hydrogens is 306 g/mol. The Balaban J connectivity index is 2.48. The molecule has 1 aromatic carbocycles. The van der Waals surface area contributed by atoms with Crippen molar-refractivity contribution in [2.75, 3.05) is 13.1 Å². The predicted molar refractivity (Wildman–Crippen MR) is 70.2 cm³/mol. The molecule has 6 nitrogen and oxygen atoms in total. The van der Waals surface area contributed by atoms with Gasteiger partial charge in [-0.05, 0) is 12.8 Å². The number of halogens is 2. The van der Waals surface area contributed by atoms with Gasteiger partial charge in [0, 0.05) is 25.2 Å². The summed E-state index contributed by atoms with van der Waals surface area (Å²) < 4.78 is 52.9. The van der Waals surface area contributed by atoms with E-state index in [1.165, 1.54) is 0 Å². The first-order chi connectivity index (χ1) is 9.84. The van der Waals surface area contributed by atoms with Crippen LogP contribution < -0.4 is 0 Å². The van der Waals surface area contributed by atoms with Crippen LogP contribution in [0.5, 0.6) is 0 Å². The second-order valence-electron chi connectivity index (χ2n) is 4.81. The molecule has 1 fully saturated rings. The van der Waals surface area contributed by atoms with Crippen molar-refractivity contribution in [1.29, 1.82) is 0 Å². The van der Waals surface area contributed by atoms with Gasteiger partial charge in [0.25, 0.3) is 0 Å². The lowest BCUT2D eigenvalue weighted by Gasteiger charge is -2.20. The molecule has 9 heteroatoms. The normalized spacial score (nSPS) is 17.4. The van der Waals surface area contributed by atoms with Crippen LogP contribution in [0.4, 0.5) is 14.5 Å². The van der Waals surface area contributed by atoms with Crippen molar-refractivity contribution in [1.82, 2.24) is 4.31 Å². The van der Waals surface area contributed by atoms with Gasteiger partial charge >= 0.3 is 5.69 Å². The van der Waals surface area contributed by atoms with E-state index in [4.69, 9.17) is 0 Å². The Morgan fingerprint density at radius 3 is 2.14 bits per heavy atom. The SMILES string of the molecule is O=[N+]([O-])c1cc(S(=O)(=O)N2CCCCCC2)c(F)cc1F. The van der Waals surface area contributed by atoms with Crippen LogP contribution in [-0.4, -0.2) is 30.7 Å². The second-order valence-corrected chi connectivity index (χ2v) is 6.72. The number of benzene rings is 1. The lowest BCUT2D eigenvalue weighted by atomic mass is 10.2. The standard InChI is InChI=1S/C12H14F2N2O4S/c13-9-7-10(14)12(8-11(9)16(17)18)21(19,20)15-5-3-1-2-4-6-15/h7-8H,1-6H2. The van der Waals surface area contributed by atoms with Crippen LogP contribution in [0.25, 0.3) is 0 Å². The molecule has 1 heterocycles. The Morgan fingerprint density at radius 1 is 1.05 bits per heavy atom. The summed E-state index contributed by atoms with van der Waals surface area (Å²) >= 11 is 0. The van der Waals surface area contributed by atoms with Gasteiger partial charge in [-0.3, -0.25) is 10.1 Å². The second kappa shape index (κ2) is 6.02. The molecule has 0 bridgehead atoms. The van der Waals surface area contributed by atoms with Crippen LogP contribution in [0.2, 0.25) is 0 Å². The van der Waals surface area contributed by atoms with E-state index in [1.54, 1.807) is 0 Å². The van der Waals surface area contributed by atoms with Crippen molar-refractivity contribution in [3.8, 4) is 0 Å². The Labute approximate surface area is 120 Å². The minimum Gasteiger partial charge on any atom is -0.258 e. The first-order valence-electron chi connectivity index (χ1n) is 6.47. The van der Waals surface area contributed by atoms with Crippen LogP contribution in [0.3, 0.4) is 0 Å². The summed E-state index contributed by atoms with van der Waals surface area (Å²) in [6, 6.07) is 0.688. The Bertz CT molecular complexity index is 655. The van der Waals surface area contributed by atoms with Gasteiger partial charge in [0.2, 0.25) is 15.8 Å². The molecule has 0 aliphatic carbocycles. The van der Waals surface area contributed by atoms with E-state index >= 15 is 0 Å². The van der Waals surface area contributed by atoms with Gasteiger partial charge < -0.3 is 0 Å². The van der Waals surface area contributed by atoms with Crippen molar-refractivity contribution in [2.45, 2.75) is 30.6 Å². The monoisotopic (exact) mass is 320 g/mol. The minimum absolute atomic E-state index is 0.229. The van der Waals surface area contributed by atoms with Gasteiger partial charge in [-0.25, -0.2) is 12.8 Å². The first kappa shape index (κ1) is 15.8. The molecule has 0 unspecified atom stereocenters. The first-order valence-corrected chi connectivity index (χ1v) is 7.91.